The lowest BCUT2D eigenvalue weighted by Crippen LogP contribution is -2.34. The number of benzene rings is 1. The Morgan fingerprint density at radius 1 is 1.35 bits per heavy atom. The third-order valence-corrected chi connectivity index (χ3v) is 4.70. The molecule has 17 heavy (non-hydrogen) atoms. The van der Waals surface area contributed by atoms with Gasteiger partial charge in [-0.3, -0.25) is 4.79 Å². The molecule has 0 atom stereocenters. The minimum absolute atomic E-state index is 0.00771. The summed E-state index contributed by atoms with van der Waals surface area (Å²) in [5, 5.41) is 3.82. The van der Waals surface area contributed by atoms with Crippen LogP contribution in [0, 0.1) is 5.41 Å². The van der Waals surface area contributed by atoms with E-state index in [1.54, 1.807) is 11.8 Å². The third-order valence-electron chi connectivity index (χ3n) is 2.44. The van der Waals surface area contributed by atoms with Crippen LogP contribution in [-0.4, -0.2) is 24.0 Å². The molecule has 1 aromatic carbocycles. The van der Waals surface area contributed by atoms with E-state index in [1.807, 2.05) is 30.5 Å². The number of carbonyl (C=O) groups excluding carboxylic acids is 1. The fraction of sp³-hybridized carbons (Fsp3) is 0.462. The lowest BCUT2D eigenvalue weighted by atomic mass is 9.97. The molecule has 0 unspecified atom stereocenters. The van der Waals surface area contributed by atoms with Crippen LogP contribution in [0.5, 0.6) is 0 Å². The number of carbonyl (C=O) groups is 1. The summed E-state index contributed by atoms with van der Waals surface area (Å²) in [7, 11) is 0. The van der Waals surface area contributed by atoms with Crippen LogP contribution in [0.1, 0.15) is 24.2 Å². The highest BCUT2D eigenvalue weighted by Crippen LogP contribution is 2.17. The summed E-state index contributed by atoms with van der Waals surface area (Å²) >= 11 is 5.11. The Labute approximate surface area is 116 Å². The van der Waals surface area contributed by atoms with Crippen LogP contribution in [0.2, 0.25) is 0 Å². The van der Waals surface area contributed by atoms with E-state index in [9.17, 15) is 4.79 Å². The molecule has 2 nitrogen and oxygen atoms in total. The van der Waals surface area contributed by atoms with Gasteiger partial charge in [0.25, 0.3) is 5.91 Å². The summed E-state index contributed by atoms with van der Waals surface area (Å²) < 4.78 is 0. The SMILES string of the molecule is CSc1ccc(C(=O)NCC(C)(C)CBr)cc1. The molecule has 1 aromatic rings. The van der Waals surface area contributed by atoms with Crippen molar-refractivity contribution < 1.29 is 4.79 Å². The lowest BCUT2D eigenvalue weighted by molar-refractivity contribution is 0.0940. The van der Waals surface area contributed by atoms with Crippen molar-refractivity contribution in [1.29, 1.82) is 0 Å². The van der Waals surface area contributed by atoms with Crippen molar-refractivity contribution >= 4 is 33.6 Å². The van der Waals surface area contributed by atoms with Crippen LogP contribution >= 0.6 is 27.7 Å². The van der Waals surface area contributed by atoms with E-state index in [4.69, 9.17) is 0 Å². The van der Waals surface area contributed by atoms with Crippen molar-refractivity contribution in [3.63, 3.8) is 0 Å². The molecule has 0 aliphatic rings. The van der Waals surface area contributed by atoms with E-state index in [2.05, 4.69) is 35.1 Å². The van der Waals surface area contributed by atoms with E-state index < -0.39 is 0 Å². The zero-order valence-corrected chi connectivity index (χ0v) is 12.8. The highest BCUT2D eigenvalue weighted by Gasteiger charge is 2.17. The number of hydrogen-bond acceptors (Lipinski definition) is 2. The Balaban J connectivity index is 2.58. The molecule has 0 aliphatic carbocycles. The Morgan fingerprint density at radius 3 is 2.41 bits per heavy atom. The first kappa shape index (κ1) is 14.6. The fourth-order valence-corrected chi connectivity index (χ4v) is 1.82. The normalized spacial score (nSPS) is 11.3. The van der Waals surface area contributed by atoms with Gasteiger partial charge in [0.2, 0.25) is 0 Å². The van der Waals surface area contributed by atoms with Gasteiger partial charge in [0, 0.05) is 22.3 Å². The van der Waals surface area contributed by atoms with E-state index >= 15 is 0 Å². The Bertz CT molecular complexity index is 376. The Kier molecular flexibility index (Phi) is 5.53. The van der Waals surface area contributed by atoms with Gasteiger partial charge in [-0.25, -0.2) is 0 Å². The maximum Gasteiger partial charge on any atom is 0.251 e. The molecule has 0 saturated heterocycles. The molecule has 1 N–H and O–H groups in total. The standard InChI is InChI=1S/C13H18BrNOS/c1-13(2,8-14)9-15-12(16)10-4-6-11(17-3)7-5-10/h4-7H,8-9H2,1-3H3,(H,15,16). The number of amides is 1. The average Bonchev–Trinajstić information content (AvgIpc) is 2.36. The van der Waals surface area contributed by atoms with E-state index in [1.165, 1.54) is 4.90 Å². The predicted molar refractivity (Wildman–Crippen MR) is 78.1 cm³/mol. The maximum absolute atomic E-state index is 11.9. The zero-order valence-electron chi connectivity index (χ0n) is 10.4. The summed E-state index contributed by atoms with van der Waals surface area (Å²) in [5.74, 6) is -0.00771. The van der Waals surface area contributed by atoms with Gasteiger partial charge in [0.1, 0.15) is 0 Å². The summed E-state index contributed by atoms with van der Waals surface area (Å²) in [6.07, 6.45) is 2.02. The minimum Gasteiger partial charge on any atom is -0.351 e. The first-order valence-corrected chi connectivity index (χ1v) is 7.81. The van der Waals surface area contributed by atoms with Gasteiger partial charge < -0.3 is 5.32 Å². The molecule has 1 amide bonds. The smallest absolute Gasteiger partial charge is 0.251 e. The molecular formula is C13H18BrNOS. The summed E-state index contributed by atoms with van der Waals surface area (Å²) in [6, 6.07) is 7.66. The van der Waals surface area contributed by atoms with Gasteiger partial charge in [-0.05, 0) is 35.9 Å². The first-order valence-electron chi connectivity index (χ1n) is 5.47. The molecule has 94 valence electrons. The van der Waals surface area contributed by atoms with Crippen LogP contribution in [0.15, 0.2) is 29.2 Å². The molecule has 0 aromatic heterocycles. The van der Waals surface area contributed by atoms with Crippen molar-refractivity contribution in [2.45, 2.75) is 18.7 Å². The second-order valence-corrected chi connectivity index (χ2v) is 6.15. The van der Waals surface area contributed by atoms with Crippen LogP contribution in [0.25, 0.3) is 0 Å². The largest absolute Gasteiger partial charge is 0.351 e. The quantitative estimate of drug-likeness (QED) is 0.665. The molecule has 4 heteroatoms. The monoisotopic (exact) mass is 315 g/mol. The molecule has 0 bridgehead atoms. The molecule has 0 saturated carbocycles. The van der Waals surface area contributed by atoms with Crippen molar-refractivity contribution in [2.24, 2.45) is 5.41 Å². The second-order valence-electron chi connectivity index (χ2n) is 4.71. The number of hydrogen-bond donors (Lipinski definition) is 1. The molecule has 1 rings (SSSR count). The zero-order chi connectivity index (χ0) is 12.9. The topological polar surface area (TPSA) is 29.1 Å². The minimum atomic E-state index is -0.00771. The van der Waals surface area contributed by atoms with Crippen LogP contribution in [0.4, 0.5) is 0 Å². The number of alkyl halides is 1. The van der Waals surface area contributed by atoms with E-state index in [0.29, 0.717) is 12.1 Å². The van der Waals surface area contributed by atoms with Gasteiger partial charge in [0.15, 0.2) is 0 Å². The van der Waals surface area contributed by atoms with Crippen LogP contribution in [0.3, 0.4) is 0 Å². The molecule has 0 aliphatic heterocycles. The van der Waals surface area contributed by atoms with Crippen molar-refractivity contribution in [3.05, 3.63) is 29.8 Å². The van der Waals surface area contributed by atoms with Crippen LogP contribution < -0.4 is 5.32 Å². The van der Waals surface area contributed by atoms with Gasteiger partial charge in [-0.15, -0.1) is 11.8 Å². The molecule has 0 radical (unpaired) electrons. The third kappa shape index (κ3) is 4.72. The average molecular weight is 316 g/mol. The summed E-state index contributed by atoms with van der Waals surface area (Å²) in [6.45, 7) is 4.89. The number of thioether (sulfide) groups is 1. The molecule has 0 heterocycles. The van der Waals surface area contributed by atoms with Gasteiger partial charge >= 0.3 is 0 Å². The van der Waals surface area contributed by atoms with Gasteiger partial charge in [0.05, 0.1) is 0 Å². The highest BCUT2D eigenvalue weighted by atomic mass is 79.9. The van der Waals surface area contributed by atoms with Crippen molar-refractivity contribution in [2.75, 3.05) is 18.1 Å². The number of nitrogens with one attached hydrogen (secondary N) is 1. The molecule has 0 spiro atoms. The summed E-state index contributed by atoms with van der Waals surface area (Å²) in [5.41, 5.74) is 0.794. The predicted octanol–water partition coefficient (Wildman–Crippen LogP) is 3.56. The lowest BCUT2D eigenvalue weighted by Gasteiger charge is -2.21. The number of rotatable bonds is 5. The van der Waals surface area contributed by atoms with Crippen LogP contribution in [-0.2, 0) is 0 Å². The van der Waals surface area contributed by atoms with Crippen molar-refractivity contribution in [3.8, 4) is 0 Å². The van der Waals surface area contributed by atoms with Crippen molar-refractivity contribution in [1.82, 2.24) is 5.32 Å². The van der Waals surface area contributed by atoms with Gasteiger partial charge in [-0.1, -0.05) is 29.8 Å². The van der Waals surface area contributed by atoms with Gasteiger partial charge in [-0.2, -0.15) is 0 Å². The second kappa shape index (κ2) is 6.45. The van der Waals surface area contributed by atoms with E-state index in [-0.39, 0.29) is 11.3 Å². The molecule has 0 fully saturated rings. The maximum atomic E-state index is 11.9. The Morgan fingerprint density at radius 2 is 1.94 bits per heavy atom. The highest BCUT2D eigenvalue weighted by molar-refractivity contribution is 9.09. The number of halogens is 1. The fourth-order valence-electron chi connectivity index (χ4n) is 1.21. The summed E-state index contributed by atoms with van der Waals surface area (Å²) in [4.78, 5) is 13.0. The Hall–Kier alpha value is -0.480. The first-order chi connectivity index (χ1) is 7.98. The van der Waals surface area contributed by atoms with E-state index in [0.717, 1.165) is 5.33 Å². The molecular weight excluding hydrogens is 298 g/mol.